The fourth-order valence-corrected chi connectivity index (χ4v) is 4.12. The summed E-state index contributed by atoms with van der Waals surface area (Å²) in [5, 5.41) is 4.40. The van der Waals surface area contributed by atoms with Crippen LogP contribution >= 0.6 is 43.5 Å². The summed E-state index contributed by atoms with van der Waals surface area (Å²) >= 11 is 13.5. The molecule has 0 aromatic heterocycles. The van der Waals surface area contributed by atoms with Crippen LogP contribution in [0.4, 0.5) is 5.69 Å². The average Bonchev–Trinajstić information content (AvgIpc) is 2.40. The van der Waals surface area contributed by atoms with Crippen LogP contribution in [0.5, 0.6) is 0 Å². The van der Waals surface area contributed by atoms with Crippen molar-refractivity contribution in [1.82, 2.24) is 0 Å². The molecule has 2 aromatic carbocycles. The van der Waals surface area contributed by atoms with E-state index < -0.39 is 0 Å². The molecule has 0 spiro atoms. The molecule has 1 saturated carbocycles. The number of nitrogens with one attached hydrogen (secondary N) is 1. The van der Waals surface area contributed by atoms with Gasteiger partial charge < -0.3 is 5.32 Å². The van der Waals surface area contributed by atoms with E-state index in [1.54, 1.807) is 0 Å². The van der Waals surface area contributed by atoms with Crippen LogP contribution in [0, 0.1) is 6.92 Å². The van der Waals surface area contributed by atoms with Gasteiger partial charge in [-0.1, -0.05) is 45.7 Å². The predicted octanol–water partition coefficient (Wildman–Crippen LogP) is 6.53. The lowest BCUT2D eigenvalue weighted by Gasteiger charge is -2.37. The summed E-state index contributed by atoms with van der Waals surface area (Å²) in [6.07, 6.45) is 2.31. The number of anilines is 1. The average molecular weight is 430 g/mol. The molecule has 0 radical (unpaired) electrons. The van der Waals surface area contributed by atoms with Crippen molar-refractivity contribution in [1.29, 1.82) is 0 Å². The summed E-state index contributed by atoms with van der Waals surface area (Å²) in [6, 6.07) is 13.1. The lowest BCUT2D eigenvalue weighted by Crippen LogP contribution is -2.34. The van der Waals surface area contributed by atoms with E-state index in [0.717, 1.165) is 33.6 Å². The van der Waals surface area contributed by atoms with Crippen molar-refractivity contribution < 1.29 is 0 Å². The van der Waals surface area contributed by atoms with Gasteiger partial charge in [0.15, 0.2) is 0 Å². The van der Waals surface area contributed by atoms with Crippen LogP contribution in [0.25, 0.3) is 0 Å². The largest absolute Gasteiger partial charge is 0.381 e. The first-order valence-corrected chi connectivity index (χ1v) is 8.97. The SMILES string of the molecule is Cc1cc(Br)c(NC2CC(c3ccccc3Br)C2)cc1Cl. The molecule has 0 unspecified atom stereocenters. The van der Waals surface area contributed by atoms with Gasteiger partial charge in [-0.2, -0.15) is 0 Å². The van der Waals surface area contributed by atoms with E-state index in [1.807, 2.05) is 13.0 Å². The van der Waals surface area contributed by atoms with Crippen LogP contribution in [-0.2, 0) is 0 Å². The number of hydrogen-bond donors (Lipinski definition) is 1. The summed E-state index contributed by atoms with van der Waals surface area (Å²) < 4.78 is 2.29. The molecule has 1 fully saturated rings. The van der Waals surface area contributed by atoms with Crippen LogP contribution in [0.2, 0.25) is 5.02 Å². The summed E-state index contributed by atoms with van der Waals surface area (Å²) in [5.41, 5.74) is 3.59. The van der Waals surface area contributed by atoms with Crippen LogP contribution < -0.4 is 5.32 Å². The van der Waals surface area contributed by atoms with Crippen LogP contribution in [0.3, 0.4) is 0 Å². The first-order valence-electron chi connectivity index (χ1n) is 7.01. The Bertz CT molecular complexity index is 666. The topological polar surface area (TPSA) is 12.0 Å². The van der Waals surface area contributed by atoms with Crippen LogP contribution in [0.15, 0.2) is 45.3 Å². The Hall–Kier alpha value is -0.510. The maximum absolute atomic E-state index is 6.21. The highest BCUT2D eigenvalue weighted by atomic mass is 79.9. The molecule has 2 aromatic rings. The third-order valence-electron chi connectivity index (χ3n) is 4.09. The van der Waals surface area contributed by atoms with E-state index in [-0.39, 0.29) is 0 Å². The van der Waals surface area contributed by atoms with Crippen molar-refractivity contribution in [2.24, 2.45) is 0 Å². The minimum atomic E-state index is 0.511. The van der Waals surface area contributed by atoms with Gasteiger partial charge in [-0.3, -0.25) is 0 Å². The third kappa shape index (κ3) is 3.30. The molecule has 1 aliphatic carbocycles. The zero-order valence-electron chi connectivity index (χ0n) is 11.7. The zero-order chi connectivity index (χ0) is 15.0. The highest BCUT2D eigenvalue weighted by Gasteiger charge is 2.31. The molecule has 0 bridgehead atoms. The Morgan fingerprint density at radius 3 is 2.52 bits per heavy atom. The highest BCUT2D eigenvalue weighted by Crippen LogP contribution is 2.42. The molecule has 0 atom stereocenters. The van der Waals surface area contributed by atoms with Crippen molar-refractivity contribution in [2.75, 3.05) is 5.32 Å². The first kappa shape index (κ1) is 15.4. The molecule has 110 valence electrons. The van der Waals surface area contributed by atoms with Gasteiger partial charge in [0.25, 0.3) is 0 Å². The second-order valence-electron chi connectivity index (χ2n) is 5.61. The molecule has 21 heavy (non-hydrogen) atoms. The molecule has 0 heterocycles. The minimum absolute atomic E-state index is 0.511. The Balaban J connectivity index is 1.65. The number of benzene rings is 2. The Labute approximate surface area is 147 Å². The van der Waals surface area contributed by atoms with Gasteiger partial charge in [-0.15, -0.1) is 0 Å². The maximum Gasteiger partial charge on any atom is 0.0501 e. The lowest BCUT2D eigenvalue weighted by atomic mass is 9.76. The summed E-state index contributed by atoms with van der Waals surface area (Å²) in [6.45, 7) is 2.02. The van der Waals surface area contributed by atoms with E-state index in [4.69, 9.17) is 11.6 Å². The normalized spacial score (nSPS) is 21.0. The van der Waals surface area contributed by atoms with Crippen molar-refractivity contribution in [3.8, 4) is 0 Å². The molecule has 0 amide bonds. The molecular formula is C17H16Br2ClN. The Morgan fingerprint density at radius 2 is 1.81 bits per heavy atom. The van der Waals surface area contributed by atoms with Crippen molar-refractivity contribution in [3.63, 3.8) is 0 Å². The van der Waals surface area contributed by atoms with Gasteiger partial charge in [0, 0.05) is 20.0 Å². The number of halogens is 3. The molecular weight excluding hydrogens is 413 g/mol. The minimum Gasteiger partial charge on any atom is -0.381 e. The molecule has 4 heteroatoms. The third-order valence-corrected chi connectivity index (χ3v) is 5.88. The van der Waals surface area contributed by atoms with E-state index in [1.165, 1.54) is 10.0 Å². The monoisotopic (exact) mass is 427 g/mol. The second kappa shape index (κ2) is 6.31. The maximum atomic E-state index is 6.21. The molecule has 0 saturated heterocycles. The van der Waals surface area contributed by atoms with Gasteiger partial charge in [0.05, 0.1) is 5.69 Å². The Morgan fingerprint density at radius 1 is 1.10 bits per heavy atom. The number of rotatable bonds is 3. The second-order valence-corrected chi connectivity index (χ2v) is 7.73. The lowest BCUT2D eigenvalue weighted by molar-refractivity contribution is 0.373. The van der Waals surface area contributed by atoms with Gasteiger partial charge in [-0.25, -0.2) is 0 Å². The summed E-state index contributed by atoms with van der Waals surface area (Å²) in [7, 11) is 0. The standard InChI is InChI=1S/C17H16Br2ClN/c1-10-6-15(19)17(9-16(10)20)21-12-7-11(8-12)13-4-2-3-5-14(13)18/h2-6,9,11-12,21H,7-8H2,1H3. The summed E-state index contributed by atoms with van der Waals surface area (Å²) in [5.74, 6) is 0.637. The summed E-state index contributed by atoms with van der Waals surface area (Å²) in [4.78, 5) is 0. The van der Waals surface area contributed by atoms with E-state index in [0.29, 0.717) is 12.0 Å². The first-order chi connectivity index (χ1) is 10.0. The van der Waals surface area contributed by atoms with Gasteiger partial charge in [-0.05, 0) is 70.9 Å². The number of hydrogen-bond acceptors (Lipinski definition) is 1. The zero-order valence-corrected chi connectivity index (χ0v) is 15.6. The van der Waals surface area contributed by atoms with E-state index in [9.17, 15) is 0 Å². The Kier molecular flexibility index (Phi) is 4.63. The van der Waals surface area contributed by atoms with Gasteiger partial charge in [0.1, 0.15) is 0 Å². The number of aryl methyl sites for hydroxylation is 1. The van der Waals surface area contributed by atoms with Crippen molar-refractivity contribution >= 4 is 49.1 Å². The van der Waals surface area contributed by atoms with Crippen LogP contribution in [-0.4, -0.2) is 6.04 Å². The molecule has 1 N–H and O–H groups in total. The molecule has 0 aliphatic heterocycles. The molecule has 1 aliphatic rings. The van der Waals surface area contributed by atoms with E-state index in [2.05, 4.69) is 67.5 Å². The molecule has 3 rings (SSSR count). The smallest absolute Gasteiger partial charge is 0.0501 e. The van der Waals surface area contributed by atoms with Gasteiger partial charge in [0.2, 0.25) is 0 Å². The predicted molar refractivity (Wildman–Crippen MR) is 97.4 cm³/mol. The fraction of sp³-hybridized carbons (Fsp3) is 0.294. The highest BCUT2D eigenvalue weighted by molar-refractivity contribution is 9.10. The quantitative estimate of drug-likeness (QED) is 0.585. The van der Waals surface area contributed by atoms with Crippen molar-refractivity contribution in [3.05, 3.63) is 61.5 Å². The van der Waals surface area contributed by atoms with E-state index >= 15 is 0 Å². The molecule has 1 nitrogen and oxygen atoms in total. The van der Waals surface area contributed by atoms with Crippen molar-refractivity contribution in [2.45, 2.75) is 31.7 Å². The van der Waals surface area contributed by atoms with Gasteiger partial charge >= 0.3 is 0 Å². The van der Waals surface area contributed by atoms with Crippen LogP contribution in [0.1, 0.15) is 29.9 Å². The fourth-order valence-electron chi connectivity index (χ4n) is 2.77.